The van der Waals surface area contributed by atoms with Crippen LogP contribution in [0.5, 0.6) is 11.5 Å². The Morgan fingerprint density at radius 3 is 2.21 bits per heavy atom. The molecule has 9 heteroatoms. The van der Waals surface area contributed by atoms with Crippen LogP contribution >= 0.6 is 15.9 Å². The lowest BCUT2D eigenvalue weighted by Crippen LogP contribution is -2.35. The van der Waals surface area contributed by atoms with Gasteiger partial charge in [0, 0.05) is 18.7 Å². The normalized spacial score (nSPS) is 11.2. The number of aryl methyl sites for hydroxylation is 2. The molecule has 0 bridgehead atoms. The lowest BCUT2D eigenvalue weighted by Gasteiger charge is -2.13. The molecule has 0 aliphatic heterocycles. The van der Waals surface area contributed by atoms with Crippen molar-refractivity contribution in [3.05, 3.63) is 51.5 Å². The Hall–Kier alpha value is -2.10. The van der Waals surface area contributed by atoms with Crippen molar-refractivity contribution < 1.29 is 22.7 Å². The predicted molar refractivity (Wildman–Crippen MR) is 111 cm³/mol. The molecule has 0 aliphatic carbocycles. The van der Waals surface area contributed by atoms with E-state index in [1.165, 1.54) is 14.2 Å². The Bertz CT molecular complexity index is 951. The second-order valence-electron chi connectivity index (χ2n) is 6.12. The number of benzene rings is 2. The van der Waals surface area contributed by atoms with E-state index in [-0.39, 0.29) is 23.9 Å². The Morgan fingerprint density at radius 2 is 1.64 bits per heavy atom. The van der Waals surface area contributed by atoms with Gasteiger partial charge in [-0.15, -0.1) is 0 Å². The van der Waals surface area contributed by atoms with Gasteiger partial charge in [-0.3, -0.25) is 4.79 Å². The van der Waals surface area contributed by atoms with Crippen LogP contribution in [0.2, 0.25) is 0 Å². The first-order valence-electron chi connectivity index (χ1n) is 8.46. The van der Waals surface area contributed by atoms with Gasteiger partial charge >= 0.3 is 0 Å². The molecular formula is C19H23BrN2O5S. The van der Waals surface area contributed by atoms with Gasteiger partial charge in [0.2, 0.25) is 10.0 Å². The van der Waals surface area contributed by atoms with Crippen LogP contribution in [0.3, 0.4) is 0 Å². The van der Waals surface area contributed by atoms with Gasteiger partial charge in [0.05, 0.1) is 19.1 Å². The molecule has 2 rings (SSSR count). The number of carbonyl (C=O) groups excluding carboxylic acids is 1. The van der Waals surface area contributed by atoms with E-state index in [0.717, 1.165) is 5.56 Å². The molecule has 1 amide bonds. The standard InChI is InChI=1S/C19H23BrN2O5S/c1-12-5-6-13(2)17(9-12)28(24,25)22-8-7-21-19(23)14-10-15(26-3)18(20)16(11-14)27-4/h5-6,9-11,22H,7-8H2,1-4H3,(H,21,23). The molecule has 0 saturated heterocycles. The second-order valence-corrected chi connectivity index (χ2v) is 8.65. The van der Waals surface area contributed by atoms with E-state index in [0.29, 0.717) is 27.1 Å². The number of methoxy groups -OCH3 is 2. The average molecular weight is 471 g/mol. The third kappa shape index (κ3) is 5.24. The molecule has 0 saturated carbocycles. The summed E-state index contributed by atoms with van der Waals surface area (Å²) in [5, 5.41) is 2.68. The quantitative estimate of drug-likeness (QED) is 0.578. The number of hydrogen-bond donors (Lipinski definition) is 2. The van der Waals surface area contributed by atoms with Crippen molar-refractivity contribution in [3.8, 4) is 11.5 Å². The second kappa shape index (κ2) is 9.40. The van der Waals surface area contributed by atoms with E-state index in [1.807, 2.05) is 13.0 Å². The summed E-state index contributed by atoms with van der Waals surface area (Å²) < 4.78 is 38.5. The minimum absolute atomic E-state index is 0.0618. The monoisotopic (exact) mass is 470 g/mol. The van der Waals surface area contributed by atoms with Gasteiger partial charge < -0.3 is 14.8 Å². The van der Waals surface area contributed by atoms with Crippen LogP contribution in [-0.2, 0) is 10.0 Å². The fraction of sp³-hybridized carbons (Fsp3) is 0.316. The number of ether oxygens (including phenoxy) is 2. The molecule has 2 aromatic rings. The van der Waals surface area contributed by atoms with Crippen molar-refractivity contribution in [2.24, 2.45) is 0 Å². The summed E-state index contributed by atoms with van der Waals surface area (Å²) in [6.07, 6.45) is 0. The molecule has 28 heavy (non-hydrogen) atoms. The maximum Gasteiger partial charge on any atom is 0.251 e. The lowest BCUT2D eigenvalue weighted by atomic mass is 10.2. The molecule has 152 valence electrons. The lowest BCUT2D eigenvalue weighted by molar-refractivity contribution is 0.0953. The molecule has 7 nitrogen and oxygen atoms in total. The van der Waals surface area contributed by atoms with Crippen LogP contribution in [0.4, 0.5) is 0 Å². The summed E-state index contributed by atoms with van der Waals surface area (Å²) in [5.41, 5.74) is 1.86. The van der Waals surface area contributed by atoms with Crippen molar-refractivity contribution in [1.82, 2.24) is 10.0 Å². The summed E-state index contributed by atoms with van der Waals surface area (Å²) in [5.74, 6) is 0.551. The number of amides is 1. The van der Waals surface area contributed by atoms with Gasteiger partial charge in [-0.2, -0.15) is 0 Å². The number of rotatable bonds is 8. The highest BCUT2D eigenvalue weighted by Crippen LogP contribution is 2.35. The number of hydrogen-bond acceptors (Lipinski definition) is 5. The van der Waals surface area contributed by atoms with Gasteiger partial charge in [0.15, 0.2) is 0 Å². The molecule has 0 aromatic heterocycles. The topological polar surface area (TPSA) is 93.7 Å². The molecule has 0 aliphatic rings. The summed E-state index contributed by atoms with van der Waals surface area (Å²) >= 11 is 3.35. The Labute approximate surface area is 173 Å². The highest BCUT2D eigenvalue weighted by molar-refractivity contribution is 9.10. The van der Waals surface area contributed by atoms with Gasteiger partial charge in [-0.25, -0.2) is 13.1 Å². The fourth-order valence-corrected chi connectivity index (χ4v) is 4.45. The Balaban J connectivity index is 2.00. The zero-order valence-corrected chi connectivity index (χ0v) is 18.5. The largest absolute Gasteiger partial charge is 0.495 e. The van der Waals surface area contributed by atoms with Gasteiger partial charge in [0.25, 0.3) is 5.91 Å². The van der Waals surface area contributed by atoms with E-state index in [1.54, 1.807) is 31.2 Å². The highest BCUT2D eigenvalue weighted by Gasteiger charge is 2.17. The summed E-state index contributed by atoms with van der Waals surface area (Å²) in [6, 6.07) is 8.39. The van der Waals surface area contributed by atoms with Crippen molar-refractivity contribution >= 4 is 31.9 Å². The molecule has 0 radical (unpaired) electrons. The Kier molecular flexibility index (Phi) is 7.45. The van der Waals surface area contributed by atoms with Gasteiger partial charge in [-0.1, -0.05) is 12.1 Å². The maximum absolute atomic E-state index is 12.5. The Morgan fingerprint density at radius 1 is 1.04 bits per heavy atom. The van der Waals surface area contributed by atoms with Crippen molar-refractivity contribution in [2.45, 2.75) is 18.7 Å². The summed E-state index contributed by atoms with van der Waals surface area (Å²) in [7, 11) is -0.672. The fourth-order valence-electron chi connectivity index (χ4n) is 2.54. The van der Waals surface area contributed by atoms with Crippen LogP contribution in [0.1, 0.15) is 21.5 Å². The molecule has 2 aromatic carbocycles. The smallest absolute Gasteiger partial charge is 0.251 e. The molecule has 0 heterocycles. The minimum Gasteiger partial charge on any atom is -0.495 e. The molecule has 2 N–H and O–H groups in total. The number of sulfonamides is 1. The number of carbonyl (C=O) groups is 1. The maximum atomic E-state index is 12.5. The SMILES string of the molecule is COc1cc(C(=O)NCCNS(=O)(=O)c2cc(C)ccc2C)cc(OC)c1Br. The zero-order chi connectivity index (χ0) is 20.9. The van der Waals surface area contributed by atoms with Crippen LogP contribution in [0.25, 0.3) is 0 Å². The summed E-state index contributed by atoms with van der Waals surface area (Å²) in [4.78, 5) is 12.6. The minimum atomic E-state index is -3.65. The van der Waals surface area contributed by atoms with E-state index in [2.05, 4.69) is 26.0 Å². The van der Waals surface area contributed by atoms with Crippen LogP contribution in [0.15, 0.2) is 39.7 Å². The molecular weight excluding hydrogens is 448 g/mol. The van der Waals surface area contributed by atoms with E-state index in [4.69, 9.17) is 9.47 Å². The number of nitrogens with one attached hydrogen (secondary N) is 2. The van der Waals surface area contributed by atoms with Crippen LogP contribution in [0, 0.1) is 13.8 Å². The predicted octanol–water partition coefficient (Wildman–Crippen LogP) is 2.79. The van der Waals surface area contributed by atoms with E-state index < -0.39 is 10.0 Å². The third-order valence-corrected chi connectivity index (χ3v) is 6.43. The molecule has 0 spiro atoms. The first-order valence-corrected chi connectivity index (χ1v) is 10.7. The third-order valence-electron chi connectivity index (χ3n) is 4.04. The first kappa shape index (κ1) is 22.2. The summed E-state index contributed by atoms with van der Waals surface area (Å²) in [6.45, 7) is 3.76. The van der Waals surface area contributed by atoms with Crippen LogP contribution < -0.4 is 19.5 Å². The van der Waals surface area contributed by atoms with Crippen molar-refractivity contribution in [2.75, 3.05) is 27.3 Å². The molecule has 0 fully saturated rings. The highest BCUT2D eigenvalue weighted by atomic mass is 79.9. The van der Waals surface area contributed by atoms with Gasteiger partial charge in [0.1, 0.15) is 16.0 Å². The van der Waals surface area contributed by atoms with Crippen LogP contribution in [-0.4, -0.2) is 41.6 Å². The van der Waals surface area contributed by atoms with Crippen molar-refractivity contribution in [1.29, 1.82) is 0 Å². The van der Waals surface area contributed by atoms with Gasteiger partial charge in [-0.05, 0) is 59.1 Å². The first-order chi connectivity index (χ1) is 13.2. The van der Waals surface area contributed by atoms with E-state index in [9.17, 15) is 13.2 Å². The number of halogens is 1. The molecule has 0 atom stereocenters. The average Bonchev–Trinajstić information content (AvgIpc) is 2.67. The molecule has 0 unspecified atom stereocenters. The zero-order valence-electron chi connectivity index (χ0n) is 16.1. The van der Waals surface area contributed by atoms with E-state index >= 15 is 0 Å². The van der Waals surface area contributed by atoms with Crippen molar-refractivity contribution in [3.63, 3.8) is 0 Å².